The highest BCUT2D eigenvalue weighted by atomic mass is 32.1. The van der Waals surface area contributed by atoms with Crippen LogP contribution in [0.2, 0.25) is 0 Å². The zero-order valence-corrected chi connectivity index (χ0v) is 19.2. The summed E-state index contributed by atoms with van der Waals surface area (Å²) in [7, 11) is 0. The zero-order valence-electron chi connectivity index (χ0n) is 18.4. The first-order valence-corrected chi connectivity index (χ1v) is 12.0. The van der Waals surface area contributed by atoms with E-state index in [9.17, 15) is 9.18 Å². The van der Waals surface area contributed by atoms with Crippen LogP contribution in [0.1, 0.15) is 22.2 Å². The molecule has 174 valence electrons. The van der Waals surface area contributed by atoms with Crippen LogP contribution in [0.15, 0.2) is 72.1 Å². The monoisotopic (exact) mass is 477 g/mol. The minimum Gasteiger partial charge on any atom is -0.379 e. The minimum atomic E-state index is -0.354. The van der Waals surface area contributed by atoms with Gasteiger partial charge in [0, 0.05) is 19.6 Å². The second-order valence-electron chi connectivity index (χ2n) is 7.91. The summed E-state index contributed by atoms with van der Waals surface area (Å²) in [5.41, 5.74) is 1.76. The Morgan fingerprint density at radius 3 is 2.53 bits per heavy atom. The van der Waals surface area contributed by atoms with Crippen LogP contribution in [0.5, 0.6) is 0 Å². The Balaban J connectivity index is 1.39. The molecule has 1 saturated heterocycles. The lowest BCUT2D eigenvalue weighted by molar-refractivity contribution is 0.0162. The van der Waals surface area contributed by atoms with Gasteiger partial charge < -0.3 is 10.1 Å². The van der Waals surface area contributed by atoms with Crippen LogP contribution in [0, 0.1) is 5.82 Å². The average Bonchev–Trinajstić information content (AvgIpc) is 3.57. The summed E-state index contributed by atoms with van der Waals surface area (Å²) in [5, 5.41) is 9.49. The molecule has 1 fully saturated rings. The van der Waals surface area contributed by atoms with Crippen molar-refractivity contribution in [3.63, 3.8) is 0 Å². The number of nitrogens with one attached hydrogen (secondary N) is 1. The maximum Gasteiger partial charge on any atom is 0.291 e. The van der Waals surface area contributed by atoms with Crippen molar-refractivity contribution in [1.82, 2.24) is 25.0 Å². The first-order chi connectivity index (χ1) is 16.7. The fourth-order valence-corrected chi connectivity index (χ4v) is 4.72. The molecule has 0 aliphatic carbocycles. The predicted molar refractivity (Wildman–Crippen MR) is 129 cm³/mol. The zero-order chi connectivity index (χ0) is 23.3. The van der Waals surface area contributed by atoms with E-state index in [1.165, 1.54) is 12.1 Å². The first kappa shape index (κ1) is 22.4. The Hall–Kier alpha value is -3.40. The van der Waals surface area contributed by atoms with Crippen molar-refractivity contribution >= 4 is 17.2 Å². The van der Waals surface area contributed by atoms with E-state index in [1.807, 2.05) is 47.8 Å². The first-order valence-electron chi connectivity index (χ1n) is 11.1. The Kier molecular flexibility index (Phi) is 6.75. The van der Waals surface area contributed by atoms with E-state index in [-0.39, 0.29) is 23.6 Å². The van der Waals surface area contributed by atoms with Gasteiger partial charge in [-0.1, -0.05) is 36.4 Å². The number of ether oxygens (including phenoxy) is 1. The minimum absolute atomic E-state index is 0.104. The van der Waals surface area contributed by atoms with Crippen LogP contribution in [-0.4, -0.2) is 58.4 Å². The van der Waals surface area contributed by atoms with Crippen LogP contribution in [0.4, 0.5) is 4.39 Å². The van der Waals surface area contributed by atoms with E-state index in [1.54, 1.807) is 28.2 Å². The van der Waals surface area contributed by atoms with Gasteiger partial charge in [0.15, 0.2) is 5.82 Å². The van der Waals surface area contributed by atoms with Crippen molar-refractivity contribution in [2.24, 2.45) is 0 Å². The summed E-state index contributed by atoms with van der Waals surface area (Å²) in [6, 6.07) is 19.8. The topological polar surface area (TPSA) is 72.3 Å². The molecule has 4 aromatic rings. The number of hydrogen-bond acceptors (Lipinski definition) is 6. The Labute approximate surface area is 200 Å². The number of rotatable bonds is 7. The molecule has 7 nitrogen and oxygen atoms in total. The highest BCUT2D eigenvalue weighted by Gasteiger charge is 2.25. The molecule has 3 heterocycles. The van der Waals surface area contributed by atoms with Gasteiger partial charge in [-0.3, -0.25) is 9.69 Å². The summed E-state index contributed by atoms with van der Waals surface area (Å²) in [6.45, 7) is 3.07. The molecule has 1 unspecified atom stereocenters. The fraction of sp³-hybridized carbons (Fsp3) is 0.240. The van der Waals surface area contributed by atoms with E-state index < -0.39 is 0 Å². The van der Waals surface area contributed by atoms with E-state index >= 15 is 0 Å². The van der Waals surface area contributed by atoms with Crippen LogP contribution in [0.25, 0.3) is 16.4 Å². The lowest BCUT2D eigenvalue weighted by Crippen LogP contribution is -2.44. The number of para-hydroxylation sites is 1. The molecule has 1 aliphatic rings. The SMILES string of the molecule is O=C(NCC(c1ccc(F)cc1)N1CCOCC1)c1nc(-c2cccs2)n(-c2ccccc2)n1. The molecule has 1 amide bonds. The van der Waals surface area contributed by atoms with Gasteiger partial charge in [0.25, 0.3) is 5.91 Å². The lowest BCUT2D eigenvalue weighted by atomic mass is 10.0. The van der Waals surface area contributed by atoms with Gasteiger partial charge in [-0.15, -0.1) is 16.4 Å². The maximum absolute atomic E-state index is 13.5. The van der Waals surface area contributed by atoms with Crippen LogP contribution in [0.3, 0.4) is 0 Å². The quantitative estimate of drug-likeness (QED) is 0.437. The smallest absolute Gasteiger partial charge is 0.291 e. The van der Waals surface area contributed by atoms with Crippen LogP contribution >= 0.6 is 11.3 Å². The molecule has 0 radical (unpaired) electrons. The molecule has 0 saturated carbocycles. The number of carbonyl (C=O) groups excluding carboxylic acids is 1. The van der Waals surface area contributed by atoms with Gasteiger partial charge in [0.1, 0.15) is 5.82 Å². The highest BCUT2D eigenvalue weighted by molar-refractivity contribution is 7.13. The molecule has 2 aromatic heterocycles. The number of thiophene rings is 1. The normalized spacial score (nSPS) is 15.2. The van der Waals surface area contributed by atoms with Crippen molar-refractivity contribution < 1.29 is 13.9 Å². The largest absolute Gasteiger partial charge is 0.379 e. The molecule has 9 heteroatoms. The molecular weight excluding hydrogens is 453 g/mol. The van der Waals surface area contributed by atoms with Crippen molar-refractivity contribution in [3.8, 4) is 16.4 Å². The second-order valence-corrected chi connectivity index (χ2v) is 8.86. The molecule has 2 aromatic carbocycles. The standard InChI is InChI=1S/C25H24FN5O2S/c26-19-10-8-18(9-11-19)21(30-12-14-33-15-13-30)17-27-25(32)23-28-24(22-7-4-16-34-22)31(29-23)20-5-2-1-3-6-20/h1-11,16,21H,12-15,17H2,(H,27,32). The lowest BCUT2D eigenvalue weighted by Gasteiger charge is -2.34. The maximum atomic E-state index is 13.5. The third-order valence-electron chi connectivity index (χ3n) is 5.75. The number of carbonyl (C=O) groups is 1. The molecule has 1 aliphatic heterocycles. The summed E-state index contributed by atoms with van der Waals surface area (Å²) in [6.07, 6.45) is 0. The van der Waals surface area contributed by atoms with Gasteiger partial charge in [-0.05, 0) is 41.3 Å². The van der Waals surface area contributed by atoms with Gasteiger partial charge in [-0.25, -0.2) is 14.1 Å². The van der Waals surface area contributed by atoms with Gasteiger partial charge in [0.2, 0.25) is 5.82 Å². The van der Waals surface area contributed by atoms with Crippen molar-refractivity contribution in [2.75, 3.05) is 32.8 Å². The number of benzene rings is 2. The number of amides is 1. The average molecular weight is 478 g/mol. The van der Waals surface area contributed by atoms with E-state index in [0.717, 1.165) is 29.2 Å². The van der Waals surface area contributed by atoms with Gasteiger partial charge >= 0.3 is 0 Å². The number of hydrogen-bond donors (Lipinski definition) is 1. The number of nitrogens with zero attached hydrogens (tertiary/aromatic N) is 4. The third-order valence-corrected chi connectivity index (χ3v) is 6.62. The molecule has 34 heavy (non-hydrogen) atoms. The molecule has 0 bridgehead atoms. The van der Waals surface area contributed by atoms with E-state index in [2.05, 4.69) is 20.3 Å². The predicted octanol–water partition coefficient (Wildman–Crippen LogP) is 3.94. The number of morpholine rings is 1. The Bertz CT molecular complexity index is 1220. The summed E-state index contributed by atoms with van der Waals surface area (Å²) in [5.74, 6) is 0.0832. The molecular formula is C25H24FN5O2S. The Morgan fingerprint density at radius 2 is 1.82 bits per heavy atom. The van der Waals surface area contributed by atoms with Crippen molar-refractivity contribution in [3.05, 3.63) is 89.3 Å². The van der Waals surface area contributed by atoms with Crippen LogP contribution < -0.4 is 5.32 Å². The summed E-state index contributed by atoms with van der Waals surface area (Å²) < 4.78 is 20.7. The highest BCUT2D eigenvalue weighted by Crippen LogP contribution is 2.26. The third kappa shape index (κ3) is 4.91. The molecule has 0 spiro atoms. The van der Waals surface area contributed by atoms with Gasteiger partial charge in [-0.2, -0.15) is 0 Å². The van der Waals surface area contributed by atoms with Gasteiger partial charge in [0.05, 0.1) is 29.8 Å². The molecule has 1 atom stereocenters. The van der Waals surface area contributed by atoms with E-state index in [4.69, 9.17) is 4.74 Å². The number of halogens is 1. The number of aromatic nitrogens is 3. The van der Waals surface area contributed by atoms with Crippen molar-refractivity contribution in [2.45, 2.75) is 6.04 Å². The van der Waals surface area contributed by atoms with E-state index in [0.29, 0.717) is 25.6 Å². The summed E-state index contributed by atoms with van der Waals surface area (Å²) >= 11 is 1.54. The fourth-order valence-electron chi connectivity index (χ4n) is 4.02. The Morgan fingerprint density at radius 1 is 1.06 bits per heavy atom. The molecule has 5 rings (SSSR count). The molecule has 1 N–H and O–H groups in total. The summed E-state index contributed by atoms with van der Waals surface area (Å²) in [4.78, 5) is 20.9. The van der Waals surface area contributed by atoms with Crippen LogP contribution in [-0.2, 0) is 4.74 Å². The second kappa shape index (κ2) is 10.3. The van der Waals surface area contributed by atoms with Crippen molar-refractivity contribution in [1.29, 1.82) is 0 Å².